The van der Waals surface area contributed by atoms with Crippen LogP contribution in [0, 0.1) is 0 Å². The maximum Gasteiger partial charge on any atom is 0.328 e. The van der Waals surface area contributed by atoms with Crippen molar-refractivity contribution in [3.05, 3.63) is 77.9 Å². The summed E-state index contributed by atoms with van der Waals surface area (Å²) in [6, 6.07) is 17.0. The lowest BCUT2D eigenvalue weighted by Crippen LogP contribution is -2.28. The van der Waals surface area contributed by atoms with E-state index in [4.69, 9.17) is 9.84 Å². The number of amides is 1. The van der Waals surface area contributed by atoms with Gasteiger partial charge < -0.3 is 14.7 Å². The van der Waals surface area contributed by atoms with Crippen molar-refractivity contribution in [2.24, 2.45) is 0 Å². The van der Waals surface area contributed by atoms with Crippen molar-refractivity contribution in [1.29, 1.82) is 0 Å². The number of nitrogens with zero attached hydrogens (tertiary/aromatic N) is 1. The van der Waals surface area contributed by atoms with Gasteiger partial charge in [-0.3, -0.25) is 4.79 Å². The zero-order valence-electron chi connectivity index (χ0n) is 13.4. The van der Waals surface area contributed by atoms with Gasteiger partial charge in [0.25, 0.3) is 0 Å². The largest absolute Gasteiger partial charge is 0.497 e. The minimum atomic E-state index is -1.15. The molecule has 5 heteroatoms. The third-order valence-electron chi connectivity index (χ3n) is 3.43. The van der Waals surface area contributed by atoms with E-state index in [0.717, 1.165) is 29.0 Å². The molecule has 2 rings (SSSR count). The van der Waals surface area contributed by atoms with Gasteiger partial charge in [-0.25, -0.2) is 4.79 Å². The number of methoxy groups -OCH3 is 1. The normalized spacial score (nSPS) is 10.5. The number of rotatable bonds is 7. The molecule has 5 nitrogen and oxygen atoms in total. The molecule has 2 aromatic carbocycles. The second-order valence-electron chi connectivity index (χ2n) is 5.20. The average Bonchev–Trinajstić information content (AvgIpc) is 2.60. The van der Waals surface area contributed by atoms with Crippen molar-refractivity contribution in [2.45, 2.75) is 13.1 Å². The number of carbonyl (C=O) groups is 2. The minimum Gasteiger partial charge on any atom is -0.497 e. The number of carboxylic acids is 1. The topological polar surface area (TPSA) is 66.8 Å². The van der Waals surface area contributed by atoms with Crippen molar-refractivity contribution >= 4 is 11.9 Å². The van der Waals surface area contributed by atoms with Crippen LogP contribution in [0.3, 0.4) is 0 Å². The van der Waals surface area contributed by atoms with E-state index in [0.29, 0.717) is 13.1 Å². The molecule has 0 radical (unpaired) electrons. The summed E-state index contributed by atoms with van der Waals surface area (Å²) in [5.41, 5.74) is 1.91. The first-order valence-electron chi connectivity index (χ1n) is 7.45. The van der Waals surface area contributed by atoms with Crippen LogP contribution in [0.25, 0.3) is 0 Å². The molecule has 0 saturated carbocycles. The van der Waals surface area contributed by atoms with Gasteiger partial charge in [-0.15, -0.1) is 0 Å². The molecule has 0 saturated heterocycles. The molecule has 0 bridgehead atoms. The van der Waals surface area contributed by atoms with Crippen LogP contribution in [-0.4, -0.2) is 29.0 Å². The molecular weight excluding hydrogens is 306 g/mol. The van der Waals surface area contributed by atoms with E-state index in [-0.39, 0.29) is 5.91 Å². The monoisotopic (exact) mass is 325 g/mol. The van der Waals surface area contributed by atoms with Gasteiger partial charge in [-0.1, -0.05) is 42.5 Å². The van der Waals surface area contributed by atoms with E-state index in [2.05, 4.69) is 0 Å². The van der Waals surface area contributed by atoms with E-state index < -0.39 is 5.97 Å². The van der Waals surface area contributed by atoms with Gasteiger partial charge in [0, 0.05) is 25.2 Å². The Hall–Kier alpha value is -3.08. The highest BCUT2D eigenvalue weighted by Gasteiger charge is 2.12. The van der Waals surface area contributed by atoms with Gasteiger partial charge >= 0.3 is 5.97 Å². The fourth-order valence-electron chi connectivity index (χ4n) is 2.21. The molecule has 0 aromatic heterocycles. The Bertz CT molecular complexity index is 708. The molecule has 24 heavy (non-hydrogen) atoms. The van der Waals surface area contributed by atoms with Crippen molar-refractivity contribution in [2.75, 3.05) is 7.11 Å². The highest BCUT2D eigenvalue weighted by atomic mass is 16.5. The number of aliphatic carboxylic acids is 1. The molecule has 124 valence electrons. The van der Waals surface area contributed by atoms with Crippen LogP contribution < -0.4 is 4.74 Å². The Morgan fingerprint density at radius 3 is 2.08 bits per heavy atom. The Labute approximate surface area is 140 Å². The van der Waals surface area contributed by atoms with E-state index in [9.17, 15) is 9.59 Å². The molecular formula is C19H19NO4. The number of carbonyl (C=O) groups excluding carboxylic acids is 1. The first kappa shape index (κ1) is 17.3. The van der Waals surface area contributed by atoms with Crippen LogP contribution in [0.5, 0.6) is 5.75 Å². The molecule has 1 amide bonds. The fourth-order valence-corrected chi connectivity index (χ4v) is 2.21. The molecule has 0 spiro atoms. The third kappa shape index (κ3) is 5.28. The Kier molecular flexibility index (Phi) is 6.14. The van der Waals surface area contributed by atoms with Crippen LogP contribution in [0.1, 0.15) is 11.1 Å². The summed E-state index contributed by atoms with van der Waals surface area (Å²) in [6.45, 7) is 0.775. The lowest BCUT2D eigenvalue weighted by atomic mass is 10.1. The Morgan fingerprint density at radius 1 is 0.958 bits per heavy atom. The maximum atomic E-state index is 12.3. The SMILES string of the molecule is COc1ccc(CN(Cc2ccccc2)C(=O)/C=C/C(=O)O)cc1. The quantitative estimate of drug-likeness (QED) is 0.795. The van der Waals surface area contributed by atoms with E-state index >= 15 is 0 Å². The highest BCUT2D eigenvalue weighted by Crippen LogP contribution is 2.15. The maximum absolute atomic E-state index is 12.3. The third-order valence-corrected chi connectivity index (χ3v) is 3.43. The lowest BCUT2D eigenvalue weighted by molar-refractivity contribution is -0.132. The lowest BCUT2D eigenvalue weighted by Gasteiger charge is -2.21. The van der Waals surface area contributed by atoms with Gasteiger partial charge in [0.2, 0.25) is 5.91 Å². The Balaban J connectivity index is 2.17. The van der Waals surface area contributed by atoms with Crippen LogP contribution in [-0.2, 0) is 22.7 Å². The molecule has 0 unspecified atom stereocenters. The highest BCUT2D eigenvalue weighted by molar-refractivity contribution is 5.93. The van der Waals surface area contributed by atoms with Crippen molar-refractivity contribution < 1.29 is 19.4 Å². The summed E-state index contributed by atoms with van der Waals surface area (Å²) >= 11 is 0. The first-order valence-corrected chi connectivity index (χ1v) is 7.45. The molecule has 0 aliphatic heterocycles. The molecule has 2 aromatic rings. The standard InChI is InChI=1S/C19H19NO4/c1-24-17-9-7-16(8-10-17)14-20(18(21)11-12-19(22)23)13-15-5-3-2-4-6-15/h2-12H,13-14H2,1H3,(H,22,23)/b12-11+. The summed E-state index contributed by atoms with van der Waals surface area (Å²) in [5.74, 6) is -0.755. The van der Waals surface area contributed by atoms with Crippen LogP contribution in [0.15, 0.2) is 66.7 Å². The zero-order chi connectivity index (χ0) is 17.4. The predicted molar refractivity (Wildman–Crippen MR) is 90.5 cm³/mol. The number of benzene rings is 2. The minimum absolute atomic E-state index is 0.350. The summed E-state index contributed by atoms with van der Waals surface area (Å²) < 4.78 is 5.13. The number of ether oxygens (including phenoxy) is 1. The van der Waals surface area contributed by atoms with Gasteiger partial charge in [-0.05, 0) is 23.3 Å². The molecule has 0 aliphatic rings. The van der Waals surface area contributed by atoms with Crippen LogP contribution in [0.4, 0.5) is 0 Å². The number of hydrogen-bond acceptors (Lipinski definition) is 3. The molecule has 0 fully saturated rings. The van der Waals surface area contributed by atoms with Gasteiger partial charge in [0.05, 0.1) is 7.11 Å². The summed E-state index contributed by atoms with van der Waals surface area (Å²) in [6.07, 6.45) is 1.93. The van der Waals surface area contributed by atoms with Crippen LogP contribution in [0.2, 0.25) is 0 Å². The van der Waals surface area contributed by atoms with Crippen molar-refractivity contribution in [3.63, 3.8) is 0 Å². The van der Waals surface area contributed by atoms with E-state index in [1.54, 1.807) is 12.0 Å². The smallest absolute Gasteiger partial charge is 0.328 e. The second kappa shape index (κ2) is 8.53. The second-order valence-corrected chi connectivity index (χ2v) is 5.20. The zero-order valence-corrected chi connectivity index (χ0v) is 13.4. The number of hydrogen-bond donors (Lipinski definition) is 1. The van der Waals surface area contributed by atoms with Gasteiger partial charge in [-0.2, -0.15) is 0 Å². The number of carboxylic acid groups (broad SMARTS) is 1. The average molecular weight is 325 g/mol. The molecule has 0 heterocycles. The van der Waals surface area contributed by atoms with Crippen LogP contribution >= 0.6 is 0 Å². The summed E-state index contributed by atoms with van der Waals surface area (Å²) in [7, 11) is 1.59. The van der Waals surface area contributed by atoms with Gasteiger partial charge in [0.1, 0.15) is 5.75 Å². The van der Waals surface area contributed by atoms with Crippen molar-refractivity contribution in [1.82, 2.24) is 4.90 Å². The van der Waals surface area contributed by atoms with E-state index in [1.165, 1.54) is 0 Å². The summed E-state index contributed by atoms with van der Waals surface area (Å²) in [4.78, 5) is 24.6. The van der Waals surface area contributed by atoms with E-state index in [1.807, 2.05) is 54.6 Å². The van der Waals surface area contributed by atoms with Crippen molar-refractivity contribution in [3.8, 4) is 5.75 Å². The first-order chi connectivity index (χ1) is 11.6. The predicted octanol–water partition coefficient (Wildman–Crippen LogP) is 2.86. The molecule has 0 atom stereocenters. The molecule has 1 N–H and O–H groups in total. The fraction of sp³-hybridized carbons (Fsp3) is 0.158. The Morgan fingerprint density at radius 2 is 1.54 bits per heavy atom. The summed E-state index contributed by atoms with van der Waals surface area (Å²) in [5, 5.41) is 8.71. The molecule has 0 aliphatic carbocycles. The van der Waals surface area contributed by atoms with Gasteiger partial charge in [0.15, 0.2) is 0 Å².